The first kappa shape index (κ1) is 23.2. The monoisotopic (exact) mass is 477 g/mol. The van der Waals surface area contributed by atoms with Crippen LogP contribution in [0.25, 0.3) is 5.65 Å². The second kappa shape index (κ2) is 9.48. The molecule has 2 atom stereocenters. The first-order valence-electron chi connectivity index (χ1n) is 10.9. The van der Waals surface area contributed by atoms with Gasteiger partial charge in [0.25, 0.3) is 0 Å². The molecule has 2 aliphatic heterocycles. The quantitative estimate of drug-likeness (QED) is 0.599. The summed E-state index contributed by atoms with van der Waals surface area (Å²) in [6.07, 6.45) is 4.87. The van der Waals surface area contributed by atoms with E-state index in [0.29, 0.717) is 48.9 Å². The fraction of sp³-hybridized carbons (Fsp3) is 0.409. The molecule has 2 saturated heterocycles. The van der Waals surface area contributed by atoms with Crippen LogP contribution >= 0.6 is 12.4 Å². The number of carbonyl (C=O) groups excluding carboxylic acids is 1. The van der Waals surface area contributed by atoms with E-state index in [9.17, 15) is 13.6 Å². The maximum absolute atomic E-state index is 14.4. The van der Waals surface area contributed by atoms with Crippen molar-refractivity contribution in [3.05, 3.63) is 53.7 Å². The van der Waals surface area contributed by atoms with E-state index in [1.807, 2.05) is 11.0 Å². The lowest BCUT2D eigenvalue weighted by atomic mass is 10.0. The molecule has 1 aromatic carbocycles. The number of imidazole rings is 1. The first-order valence-corrected chi connectivity index (χ1v) is 10.9. The summed E-state index contributed by atoms with van der Waals surface area (Å²) in [5.74, 6) is 0.157. The smallest absolute Gasteiger partial charge is 0.323 e. The van der Waals surface area contributed by atoms with Crippen molar-refractivity contribution in [2.75, 3.05) is 29.9 Å². The molecular formula is C22H26ClF2N7O. The zero-order valence-corrected chi connectivity index (χ0v) is 18.8. The highest BCUT2D eigenvalue weighted by molar-refractivity contribution is 5.88. The first-order chi connectivity index (χ1) is 15.5. The average Bonchev–Trinajstić information content (AvgIpc) is 3.42. The van der Waals surface area contributed by atoms with E-state index in [1.165, 1.54) is 6.07 Å². The predicted octanol–water partition coefficient (Wildman–Crippen LogP) is 3.73. The number of fused-ring (bicyclic) bond motifs is 1. The number of hydrogen-bond donors (Lipinski definition) is 2. The number of benzene rings is 1. The molecule has 4 heterocycles. The summed E-state index contributed by atoms with van der Waals surface area (Å²) < 4.78 is 29.8. The molecule has 0 radical (unpaired) electrons. The van der Waals surface area contributed by atoms with E-state index in [1.54, 1.807) is 21.7 Å². The van der Waals surface area contributed by atoms with Gasteiger partial charge in [-0.3, -0.25) is 5.32 Å². The van der Waals surface area contributed by atoms with Crippen molar-refractivity contribution in [2.45, 2.75) is 37.8 Å². The van der Waals surface area contributed by atoms with Gasteiger partial charge in [0.2, 0.25) is 0 Å². The molecule has 0 bridgehead atoms. The van der Waals surface area contributed by atoms with Crippen molar-refractivity contribution >= 4 is 35.7 Å². The van der Waals surface area contributed by atoms with E-state index < -0.39 is 11.6 Å². The van der Waals surface area contributed by atoms with Crippen LogP contribution in [0.1, 0.15) is 37.3 Å². The van der Waals surface area contributed by atoms with Gasteiger partial charge in [0, 0.05) is 31.2 Å². The number of hydrogen-bond acceptors (Lipinski definition) is 5. The largest absolute Gasteiger partial charge is 0.348 e. The van der Waals surface area contributed by atoms with Gasteiger partial charge in [-0.05, 0) is 56.0 Å². The van der Waals surface area contributed by atoms with Gasteiger partial charge in [-0.25, -0.2) is 18.6 Å². The highest BCUT2D eigenvalue weighted by Gasteiger charge is 2.30. The summed E-state index contributed by atoms with van der Waals surface area (Å²) in [7, 11) is 0. The molecule has 0 spiro atoms. The Morgan fingerprint density at radius 1 is 1.12 bits per heavy atom. The molecule has 3 aromatic rings. The van der Waals surface area contributed by atoms with Gasteiger partial charge in [0.05, 0.1) is 12.2 Å². The minimum atomic E-state index is -0.464. The van der Waals surface area contributed by atoms with Crippen molar-refractivity contribution in [1.82, 2.24) is 19.5 Å². The molecule has 2 amide bonds. The molecule has 176 valence electrons. The van der Waals surface area contributed by atoms with Crippen molar-refractivity contribution in [1.29, 1.82) is 0 Å². The van der Waals surface area contributed by atoms with Crippen LogP contribution in [0.15, 0.2) is 36.5 Å². The maximum Gasteiger partial charge on any atom is 0.323 e. The average molecular weight is 478 g/mol. The van der Waals surface area contributed by atoms with E-state index in [0.717, 1.165) is 31.4 Å². The van der Waals surface area contributed by atoms with Crippen LogP contribution < -0.4 is 16.0 Å². The van der Waals surface area contributed by atoms with Crippen LogP contribution in [0.3, 0.4) is 0 Å². The third-order valence-electron chi connectivity index (χ3n) is 6.19. The Labute approximate surface area is 196 Å². The zero-order chi connectivity index (χ0) is 22.2. The summed E-state index contributed by atoms with van der Waals surface area (Å²) in [5.41, 5.74) is 6.89. The van der Waals surface area contributed by atoms with Crippen LogP contribution in [0.2, 0.25) is 0 Å². The molecule has 0 saturated carbocycles. The summed E-state index contributed by atoms with van der Waals surface area (Å²) in [5, 5.41) is 7.54. The number of amides is 2. The molecule has 5 rings (SSSR count). The summed E-state index contributed by atoms with van der Waals surface area (Å²) >= 11 is 0. The van der Waals surface area contributed by atoms with Crippen LogP contribution in [-0.2, 0) is 0 Å². The number of nitrogens with zero attached hydrogens (tertiary/aromatic N) is 5. The van der Waals surface area contributed by atoms with Crippen molar-refractivity contribution in [3.63, 3.8) is 0 Å². The summed E-state index contributed by atoms with van der Waals surface area (Å²) in [6, 6.07) is 6.58. The second-order valence-corrected chi connectivity index (χ2v) is 8.40. The Morgan fingerprint density at radius 3 is 2.76 bits per heavy atom. The number of nitrogens with one attached hydrogen (secondary N) is 1. The number of likely N-dealkylation sites (tertiary alicyclic amines) is 1. The second-order valence-electron chi connectivity index (χ2n) is 8.40. The maximum atomic E-state index is 14.4. The SMILES string of the molecule is Cl.NC1CCCN(C(=O)Nc2cnc3ccc(N4CCCC4c4cc(F)ccc4F)nn23)C1. The Morgan fingerprint density at radius 2 is 1.94 bits per heavy atom. The Bertz CT molecular complexity index is 1160. The third kappa shape index (κ3) is 4.58. The fourth-order valence-corrected chi connectivity index (χ4v) is 4.62. The Balaban J connectivity index is 0.00000259. The molecular weight excluding hydrogens is 452 g/mol. The Hall–Kier alpha value is -2.98. The lowest BCUT2D eigenvalue weighted by molar-refractivity contribution is 0.193. The summed E-state index contributed by atoms with van der Waals surface area (Å²) in [4.78, 5) is 20.7. The highest BCUT2D eigenvalue weighted by atomic mass is 35.5. The molecule has 2 aromatic heterocycles. The zero-order valence-electron chi connectivity index (χ0n) is 18.0. The predicted molar refractivity (Wildman–Crippen MR) is 124 cm³/mol. The number of urea groups is 1. The number of halogens is 3. The van der Waals surface area contributed by atoms with Gasteiger partial charge in [0.1, 0.15) is 17.5 Å². The molecule has 3 N–H and O–H groups in total. The number of piperidine rings is 1. The van der Waals surface area contributed by atoms with Gasteiger partial charge < -0.3 is 15.5 Å². The lowest BCUT2D eigenvalue weighted by Gasteiger charge is -2.30. The molecule has 2 fully saturated rings. The van der Waals surface area contributed by atoms with Crippen molar-refractivity contribution < 1.29 is 13.6 Å². The minimum absolute atomic E-state index is 0. The van der Waals surface area contributed by atoms with E-state index in [4.69, 9.17) is 5.73 Å². The van der Waals surface area contributed by atoms with Crippen molar-refractivity contribution in [2.24, 2.45) is 5.73 Å². The van der Waals surface area contributed by atoms with E-state index >= 15 is 0 Å². The Kier molecular flexibility index (Phi) is 6.66. The van der Waals surface area contributed by atoms with Crippen LogP contribution in [0.5, 0.6) is 0 Å². The number of carbonyl (C=O) groups is 1. The van der Waals surface area contributed by atoms with Gasteiger partial charge in [-0.15, -0.1) is 17.5 Å². The molecule has 33 heavy (non-hydrogen) atoms. The molecule has 0 aliphatic carbocycles. The topological polar surface area (TPSA) is 91.8 Å². The minimum Gasteiger partial charge on any atom is -0.348 e. The lowest BCUT2D eigenvalue weighted by Crippen LogP contribution is -2.47. The van der Waals surface area contributed by atoms with Gasteiger partial charge in [-0.2, -0.15) is 4.52 Å². The highest BCUT2D eigenvalue weighted by Crippen LogP contribution is 2.36. The van der Waals surface area contributed by atoms with Gasteiger partial charge in [-0.1, -0.05) is 0 Å². The third-order valence-corrected chi connectivity index (χ3v) is 6.19. The fourth-order valence-electron chi connectivity index (χ4n) is 4.62. The standard InChI is InChI=1S/C22H25F2N7O.ClH/c23-14-5-6-17(24)16(11-14)18-4-2-10-30(18)20-8-7-19-26-12-21(31(19)28-20)27-22(32)29-9-1-3-15(25)13-29;/h5-8,11-12,15,18H,1-4,9-10,13,25H2,(H,27,32);1H. The van der Waals surface area contributed by atoms with E-state index in [2.05, 4.69) is 15.4 Å². The van der Waals surface area contributed by atoms with Gasteiger partial charge in [0.15, 0.2) is 11.5 Å². The van der Waals surface area contributed by atoms with Crippen molar-refractivity contribution in [3.8, 4) is 0 Å². The number of aromatic nitrogens is 3. The number of nitrogens with two attached hydrogens (primary N) is 1. The van der Waals surface area contributed by atoms with Crippen LogP contribution in [0, 0.1) is 11.6 Å². The molecule has 2 aliphatic rings. The van der Waals surface area contributed by atoms with E-state index in [-0.39, 0.29) is 30.5 Å². The summed E-state index contributed by atoms with van der Waals surface area (Å²) in [6.45, 7) is 1.83. The molecule has 8 nitrogen and oxygen atoms in total. The number of anilines is 2. The van der Waals surface area contributed by atoms with Crippen LogP contribution in [-0.4, -0.2) is 51.2 Å². The number of rotatable bonds is 3. The molecule has 2 unspecified atom stereocenters. The van der Waals surface area contributed by atoms with Crippen LogP contribution in [0.4, 0.5) is 25.2 Å². The molecule has 11 heteroatoms. The normalized spacial score (nSPS) is 20.7. The van der Waals surface area contributed by atoms with Gasteiger partial charge >= 0.3 is 6.03 Å².